The van der Waals surface area contributed by atoms with Crippen LogP contribution in [0.4, 0.5) is 5.69 Å². The average Bonchev–Trinajstić information content (AvgIpc) is 2.74. The molecule has 96 valence electrons. The second-order valence-corrected chi connectivity index (χ2v) is 4.89. The summed E-state index contributed by atoms with van der Waals surface area (Å²) < 4.78 is 8.44. The Labute approximate surface area is 119 Å². The van der Waals surface area contributed by atoms with Crippen LogP contribution in [0, 0.1) is 0 Å². The Balaban J connectivity index is 1.89. The molecule has 0 aliphatic heterocycles. The lowest BCUT2D eigenvalue weighted by atomic mass is 10.3. The molecular formula is C14H12BrN3O. The third-order valence-corrected chi connectivity index (χ3v) is 3.39. The Morgan fingerprint density at radius 3 is 2.79 bits per heavy atom. The standard InChI is InChI=1S/C14H12BrN3O/c15-14-12-8-10(16)6-7-18(12)13(17-14)9-19-11-4-2-1-3-5-11/h1-8H,9,16H2. The van der Waals surface area contributed by atoms with Gasteiger partial charge in [-0.15, -0.1) is 0 Å². The lowest BCUT2D eigenvalue weighted by Gasteiger charge is -2.05. The molecule has 0 atom stereocenters. The van der Waals surface area contributed by atoms with Crippen LogP contribution in [0.1, 0.15) is 5.82 Å². The van der Waals surface area contributed by atoms with E-state index in [1.165, 1.54) is 0 Å². The van der Waals surface area contributed by atoms with E-state index in [1.807, 2.05) is 53.1 Å². The van der Waals surface area contributed by atoms with Crippen LogP contribution in [-0.4, -0.2) is 9.38 Å². The number of halogens is 1. The first-order valence-electron chi connectivity index (χ1n) is 5.84. The van der Waals surface area contributed by atoms with Crippen molar-refractivity contribution in [3.05, 3.63) is 59.1 Å². The van der Waals surface area contributed by atoms with Gasteiger partial charge in [0.05, 0.1) is 5.52 Å². The molecule has 3 aromatic rings. The van der Waals surface area contributed by atoms with E-state index in [-0.39, 0.29) is 0 Å². The first-order valence-corrected chi connectivity index (χ1v) is 6.63. The SMILES string of the molecule is Nc1ccn2c(COc3ccccc3)nc(Br)c2c1. The molecule has 2 N–H and O–H groups in total. The molecule has 0 saturated heterocycles. The summed E-state index contributed by atoms with van der Waals surface area (Å²) in [6.07, 6.45) is 1.89. The summed E-state index contributed by atoms with van der Waals surface area (Å²) in [4.78, 5) is 4.45. The molecule has 0 spiro atoms. The molecule has 2 heterocycles. The summed E-state index contributed by atoms with van der Waals surface area (Å²) in [6, 6.07) is 13.4. The van der Waals surface area contributed by atoms with E-state index in [4.69, 9.17) is 10.5 Å². The fraction of sp³-hybridized carbons (Fsp3) is 0.0714. The van der Waals surface area contributed by atoms with E-state index in [0.29, 0.717) is 12.3 Å². The highest BCUT2D eigenvalue weighted by molar-refractivity contribution is 9.10. The number of rotatable bonds is 3. The Kier molecular flexibility index (Phi) is 3.13. The van der Waals surface area contributed by atoms with Gasteiger partial charge in [0.25, 0.3) is 0 Å². The van der Waals surface area contributed by atoms with Crippen LogP contribution in [0.25, 0.3) is 5.52 Å². The van der Waals surface area contributed by atoms with Gasteiger partial charge in [0.2, 0.25) is 0 Å². The molecule has 0 fully saturated rings. The summed E-state index contributed by atoms with van der Waals surface area (Å²) >= 11 is 3.44. The van der Waals surface area contributed by atoms with Gasteiger partial charge in [-0.3, -0.25) is 4.40 Å². The zero-order valence-electron chi connectivity index (χ0n) is 10.1. The zero-order chi connectivity index (χ0) is 13.2. The number of ether oxygens (including phenoxy) is 1. The molecule has 2 aromatic heterocycles. The maximum absolute atomic E-state index is 5.77. The first-order chi connectivity index (χ1) is 9.24. The minimum absolute atomic E-state index is 0.403. The molecule has 0 unspecified atom stereocenters. The molecule has 0 bridgehead atoms. The Hall–Kier alpha value is -2.01. The Morgan fingerprint density at radius 1 is 1.21 bits per heavy atom. The topological polar surface area (TPSA) is 52.5 Å². The monoisotopic (exact) mass is 317 g/mol. The molecule has 4 nitrogen and oxygen atoms in total. The lowest BCUT2D eigenvalue weighted by Crippen LogP contribution is -2.01. The number of para-hydroxylation sites is 1. The summed E-state index contributed by atoms with van der Waals surface area (Å²) in [5, 5.41) is 0. The number of imidazole rings is 1. The number of nitrogens with two attached hydrogens (primary N) is 1. The normalized spacial score (nSPS) is 10.8. The van der Waals surface area contributed by atoms with Crippen molar-refractivity contribution in [1.82, 2.24) is 9.38 Å². The van der Waals surface area contributed by atoms with Gasteiger partial charge in [-0.2, -0.15) is 0 Å². The minimum Gasteiger partial charge on any atom is -0.486 e. The number of nitrogen functional groups attached to an aromatic ring is 1. The van der Waals surface area contributed by atoms with E-state index in [9.17, 15) is 0 Å². The number of benzene rings is 1. The van der Waals surface area contributed by atoms with Gasteiger partial charge < -0.3 is 10.5 Å². The molecule has 0 aliphatic rings. The van der Waals surface area contributed by atoms with Crippen molar-refractivity contribution in [3.8, 4) is 5.75 Å². The first kappa shape index (κ1) is 12.0. The second kappa shape index (κ2) is 4.93. The minimum atomic E-state index is 0.403. The largest absolute Gasteiger partial charge is 0.486 e. The van der Waals surface area contributed by atoms with Crippen molar-refractivity contribution in [1.29, 1.82) is 0 Å². The van der Waals surface area contributed by atoms with Crippen LogP contribution in [0.2, 0.25) is 0 Å². The second-order valence-electron chi connectivity index (χ2n) is 4.14. The fourth-order valence-corrected chi connectivity index (χ4v) is 2.40. The highest BCUT2D eigenvalue weighted by Gasteiger charge is 2.09. The van der Waals surface area contributed by atoms with Gasteiger partial charge in [-0.05, 0) is 40.2 Å². The summed E-state index contributed by atoms with van der Waals surface area (Å²) in [6.45, 7) is 0.403. The number of anilines is 1. The van der Waals surface area contributed by atoms with Crippen molar-refractivity contribution in [2.75, 3.05) is 5.73 Å². The molecule has 1 aromatic carbocycles. The van der Waals surface area contributed by atoms with Gasteiger partial charge in [0.15, 0.2) is 5.82 Å². The van der Waals surface area contributed by atoms with Crippen LogP contribution in [0.15, 0.2) is 53.3 Å². The van der Waals surface area contributed by atoms with Gasteiger partial charge in [-0.1, -0.05) is 18.2 Å². The van der Waals surface area contributed by atoms with E-state index in [2.05, 4.69) is 20.9 Å². The van der Waals surface area contributed by atoms with E-state index in [1.54, 1.807) is 0 Å². The van der Waals surface area contributed by atoms with E-state index >= 15 is 0 Å². The van der Waals surface area contributed by atoms with E-state index < -0.39 is 0 Å². The average molecular weight is 318 g/mol. The molecule has 19 heavy (non-hydrogen) atoms. The predicted molar refractivity (Wildman–Crippen MR) is 78.1 cm³/mol. The maximum Gasteiger partial charge on any atom is 0.152 e. The number of fused-ring (bicyclic) bond motifs is 1. The summed E-state index contributed by atoms with van der Waals surface area (Å²) in [5.74, 6) is 1.65. The fourth-order valence-electron chi connectivity index (χ4n) is 1.89. The number of pyridine rings is 1. The number of hydrogen-bond acceptors (Lipinski definition) is 3. The Bertz CT molecular complexity index is 709. The summed E-state index contributed by atoms with van der Waals surface area (Å²) in [5.41, 5.74) is 7.42. The van der Waals surface area contributed by atoms with Crippen molar-refractivity contribution in [2.24, 2.45) is 0 Å². The van der Waals surface area contributed by atoms with Crippen molar-refractivity contribution < 1.29 is 4.74 Å². The molecular weight excluding hydrogens is 306 g/mol. The van der Waals surface area contributed by atoms with Crippen molar-refractivity contribution in [3.63, 3.8) is 0 Å². The van der Waals surface area contributed by atoms with Crippen LogP contribution >= 0.6 is 15.9 Å². The lowest BCUT2D eigenvalue weighted by molar-refractivity contribution is 0.295. The molecule has 0 aliphatic carbocycles. The quantitative estimate of drug-likeness (QED) is 0.806. The van der Waals surface area contributed by atoms with Crippen molar-refractivity contribution >= 4 is 27.1 Å². The van der Waals surface area contributed by atoms with Crippen LogP contribution in [0.3, 0.4) is 0 Å². The highest BCUT2D eigenvalue weighted by atomic mass is 79.9. The highest BCUT2D eigenvalue weighted by Crippen LogP contribution is 2.22. The zero-order valence-corrected chi connectivity index (χ0v) is 11.7. The molecule has 0 radical (unpaired) electrons. The van der Waals surface area contributed by atoms with Crippen LogP contribution < -0.4 is 10.5 Å². The number of nitrogens with zero attached hydrogens (tertiary/aromatic N) is 2. The smallest absolute Gasteiger partial charge is 0.152 e. The van der Waals surface area contributed by atoms with Crippen LogP contribution in [0.5, 0.6) is 5.75 Å². The van der Waals surface area contributed by atoms with Gasteiger partial charge in [0, 0.05) is 11.9 Å². The molecule has 3 rings (SSSR count). The summed E-state index contributed by atoms with van der Waals surface area (Å²) in [7, 11) is 0. The van der Waals surface area contributed by atoms with E-state index in [0.717, 1.165) is 21.7 Å². The maximum atomic E-state index is 5.77. The Morgan fingerprint density at radius 2 is 2.00 bits per heavy atom. The van der Waals surface area contributed by atoms with Crippen LogP contribution in [-0.2, 0) is 6.61 Å². The molecule has 0 saturated carbocycles. The third-order valence-electron chi connectivity index (χ3n) is 2.81. The van der Waals surface area contributed by atoms with Crippen molar-refractivity contribution in [2.45, 2.75) is 6.61 Å². The van der Waals surface area contributed by atoms with Gasteiger partial charge >= 0.3 is 0 Å². The predicted octanol–water partition coefficient (Wildman–Crippen LogP) is 3.26. The number of hydrogen-bond donors (Lipinski definition) is 1. The third kappa shape index (κ3) is 2.42. The molecule has 5 heteroatoms. The molecule has 0 amide bonds. The van der Waals surface area contributed by atoms with Gasteiger partial charge in [0.1, 0.15) is 17.0 Å². The van der Waals surface area contributed by atoms with Gasteiger partial charge in [-0.25, -0.2) is 4.98 Å². The number of aromatic nitrogens is 2.